The normalized spacial score (nSPS) is 14.0. The number of unbranched alkanes of at least 4 members (excludes halogenated alkanes) is 4. The van der Waals surface area contributed by atoms with Crippen LogP contribution in [-0.2, 0) is 0 Å². The molecule has 0 radical (unpaired) electrons. The quantitative estimate of drug-likeness (QED) is 0.317. The lowest BCUT2D eigenvalue weighted by molar-refractivity contribution is 0.375. The summed E-state index contributed by atoms with van der Waals surface area (Å²) in [6, 6.07) is 1.21. The molecule has 0 bridgehead atoms. The molecule has 0 aliphatic heterocycles. The fourth-order valence-corrected chi connectivity index (χ4v) is 2.56. The Morgan fingerprint density at radius 2 is 1.21 bits per heavy atom. The maximum atomic E-state index is 3.90. The Kier molecular flexibility index (Phi) is 13.5. The fourth-order valence-electron chi connectivity index (χ4n) is 2.56. The van der Waals surface area contributed by atoms with Gasteiger partial charge in [-0.1, -0.05) is 64.5 Å². The third-order valence-corrected chi connectivity index (χ3v) is 3.69. The zero-order valence-corrected chi connectivity index (χ0v) is 13.3. The summed E-state index contributed by atoms with van der Waals surface area (Å²) in [6.07, 6.45) is 16.8. The predicted octanol–water partition coefficient (Wildman–Crippen LogP) is 5.63. The van der Waals surface area contributed by atoms with Crippen molar-refractivity contribution < 1.29 is 0 Å². The molecule has 0 spiro atoms. The maximum absolute atomic E-state index is 3.90. The average Bonchev–Trinajstić information content (AvgIpc) is 2.39. The van der Waals surface area contributed by atoms with Crippen LogP contribution in [-0.4, -0.2) is 12.1 Å². The molecular formula is C18H35N. The van der Waals surface area contributed by atoms with E-state index in [1.807, 2.05) is 0 Å². The summed E-state index contributed by atoms with van der Waals surface area (Å²) in [4.78, 5) is 0. The molecule has 2 unspecified atom stereocenters. The highest BCUT2D eigenvalue weighted by molar-refractivity contribution is 4.84. The number of rotatable bonds is 14. The van der Waals surface area contributed by atoms with E-state index < -0.39 is 0 Å². The van der Waals surface area contributed by atoms with Crippen molar-refractivity contribution in [2.24, 2.45) is 0 Å². The topological polar surface area (TPSA) is 12.0 Å². The standard InChI is InChI=1S/C18H35N/c1-5-9-11-15-17(13-7-3)19-18(14-8-4)16-12-10-6-2/h7-8,17-19H,3-6,9-16H2,1-2H3. The third-order valence-electron chi connectivity index (χ3n) is 3.69. The molecule has 1 nitrogen and oxygen atoms in total. The molecule has 0 rings (SSSR count). The highest BCUT2D eigenvalue weighted by Crippen LogP contribution is 2.13. The van der Waals surface area contributed by atoms with Gasteiger partial charge in [-0.15, -0.1) is 13.2 Å². The van der Waals surface area contributed by atoms with Gasteiger partial charge in [0.05, 0.1) is 0 Å². The van der Waals surface area contributed by atoms with Gasteiger partial charge in [0.1, 0.15) is 0 Å². The number of hydrogen-bond acceptors (Lipinski definition) is 1. The first kappa shape index (κ1) is 18.4. The molecule has 0 saturated carbocycles. The van der Waals surface area contributed by atoms with Crippen LogP contribution >= 0.6 is 0 Å². The molecule has 0 amide bonds. The van der Waals surface area contributed by atoms with E-state index in [9.17, 15) is 0 Å². The third kappa shape index (κ3) is 11.0. The minimum absolute atomic E-state index is 0.607. The minimum Gasteiger partial charge on any atom is -0.311 e. The Morgan fingerprint density at radius 1 is 0.789 bits per heavy atom. The highest BCUT2D eigenvalue weighted by Gasteiger charge is 2.12. The van der Waals surface area contributed by atoms with E-state index in [0.29, 0.717) is 12.1 Å². The van der Waals surface area contributed by atoms with Gasteiger partial charge in [0.15, 0.2) is 0 Å². The fraction of sp³-hybridized carbons (Fsp3) is 0.778. The van der Waals surface area contributed by atoms with E-state index in [0.717, 1.165) is 12.8 Å². The average molecular weight is 265 g/mol. The van der Waals surface area contributed by atoms with Crippen molar-refractivity contribution in [3.05, 3.63) is 25.3 Å². The van der Waals surface area contributed by atoms with Gasteiger partial charge in [-0.2, -0.15) is 0 Å². The molecule has 0 heterocycles. The molecule has 1 heteroatoms. The number of nitrogens with one attached hydrogen (secondary N) is 1. The van der Waals surface area contributed by atoms with E-state index in [2.05, 4.69) is 44.5 Å². The van der Waals surface area contributed by atoms with Gasteiger partial charge in [0.25, 0.3) is 0 Å². The SMILES string of the molecule is C=CCC(CCCCC)NC(CC=C)CCCCC. The van der Waals surface area contributed by atoms with Crippen LogP contribution in [0.3, 0.4) is 0 Å². The molecular weight excluding hydrogens is 230 g/mol. The Morgan fingerprint density at radius 3 is 1.53 bits per heavy atom. The molecule has 19 heavy (non-hydrogen) atoms. The van der Waals surface area contributed by atoms with E-state index in [-0.39, 0.29) is 0 Å². The van der Waals surface area contributed by atoms with E-state index in [4.69, 9.17) is 0 Å². The van der Waals surface area contributed by atoms with Gasteiger partial charge in [-0.05, 0) is 25.7 Å². The summed E-state index contributed by atoms with van der Waals surface area (Å²) < 4.78 is 0. The smallest absolute Gasteiger partial charge is 0.0104 e. The molecule has 0 aromatic carbocycles. The zero-order chi connectivity index (χ0) is 14.3. The van der Waals surface area contributed by atoms with Crippen molar-refractivity contribution in [1.82, 2.24) is 5.32 Å². The van der Waals surface area contributed by atoms with Crippen LogP contribution in [0, 0.1) is 0 Å². The van der Waals surface area contributed by atoms with Gasteiger partial charge in [0.2, 0.25) is 0 Å². The van der Waals surface area contributed by atoms with E-state index >= 15 is 0 Å². The minimum atomic E-state index is 0.607. The second-order valence-electron chi connectivity index (χ2n) is 5.60. The van der Waals surface area contributed by atoms with Crippen molar-refractivity contribution in [3.63, 3.8) is 0 Å². The Balaban J connectivity index is 4.12. The van der Waals surface area contributed by atoms with Crippen molar-refractivity contribution in [1.29, 1.82) is 0 Å². The maximum Gasteiger partial charge on any atom is 0.0104 e. The Bertz CT molecular complexity index is 188. The largest absolute Gasteiger partial charge is 0.311 e. The molecule has 0 aromatic rings. The monoisotopic (exact) mass is 265 g/mol. The van der Waals surface area contributed by atoms with Crippen molar-refractivity contribution in [3.8, 4) is 0 Å². The van der Waals surface area contributed by atoms with Crippen LogP contribution < -0.4 is 5.32 Å². The molecule has 0 fully saturated rings. The first-order valence-electron chi connectivity index (χ1n) is 8.26. The van der Waals surface area contributed by atoms with Crippen LogP contribution in [0.15, 0.2) is 25.3 Å². The van der Waals surface area contributed by atoms with E-state index in [1.54, 1.807) is 0 Å². The summed E-state index contributed by atoms with van der Waals surface area (Å²) in [5.74, 6) is 0. The molecule has 112 valence electrons. The van der Waals surface area contributed by atoms with E-state index in [1.165, 1.54) is 51.4 Å². The molecule has 0 saturated heterocycles. The van der Waals surface area contributed by atoms with Gasteiger partial charge >= 0.3 is 0 Å². The Labute approximate surface area is 121 Å². The lowest BCUT2D eigenvalue weighted by Crippen LogP contribution is -2.38. The van der Waals surface area contributed by atoms with Crippen LogP contribution in [0.2, 0.25) is 0 Å². The number of hydrogen-bond donors (Lipinski definition) is 1. The van der Waals surface area contributed by atoms with Crippen LogP contribution in [0.5, 0.6) is 0 Å². The molecule has 1 N–H and O–H groups in total. The van der Waals surface area contributed by atoms with Crippen molar-refractivity contribution in [2.45, 2.75) is 90.1 Å². The van der Waals surface area contributed by atoms with Gasteiger partial charge in [-0.3, -0.25) is 0 Å². The van der Waals surface area contributed by atoms with Gasteiger partial charge in [0, 0.05) is 12.1 Å². The summed E-state index contributed by atoms with van der Waals surface area (Å²) in [7, 11) is 0. The first-order chi connectivity index (χ1) is 9.28. The first-order valence-corrected chi connectivity index (χ1v) is 8.26. The summed E-state index contributed by atoms with van der Waals surface area (Å²) in [5, 5.41) is 3.83. The van der Waals surface area contributed by atoms with Crippen molar-refractivity contribution >= 4 is 0 Å². The second kappa shape index (κ2) is 13.9. The van der Waals surface area contributed by atoms with Crippen LogP contribution in [0.4, 0.5) is 0 Å². The summed E-state index contributed by atoms with van der Waals surface area (Å²) in [6.45, 7) is 12.3. The lowest BCUT2D eigenvalue weighted by atomic mass is 10.0. The van der Waals surface area contributed by atoms with Gasteiger partial charge < -0.3 is 5.32 Å². The zero-order valence-electron chi connectivity index (χ0n) is 13.3. The molecule has 0 aliphatic rings. The van der Waals surface area contributed by atoms with Crippen molar-refractivity contribution in [2.75, 3.05) is 0 Å². The lowest BCUT2D eigenvalue weighted by Gasteiger charge is -2.24. The van der Waals surface area contributed by atoms with Gasteiger partial charge in [-0.25, -0.2) is 0 Å². The molecule has 0 aromatic heterocycles. The molecule has 0 aliphatic carbocycles. The second-order valence-corrected chi connectivity index (χ2v) is 5.60. The van der Waals surface area contributed by atoms with Crippen LogP contribution in [0.1, 0.15) is 78.1 Å². The Hall–Kier alpha value is -0.560. The van der Waals surface area contributed by atoms with Crippen LogP contribution in [0.25, 0.3) is 0 Å². The highest BCUT2D eigenvalue weighted by atomic mass is 14.9. The summed E-state index contributed by atoms with van der Waals surface area (Å²) in [5.41, 5.74) is 0. The molecule has 2 atom stereocenters. The predicted molar refractivity (Wildman–Crippen MR) is 88.6 cm³/mol. The summed E-state index contributed by atoms with van der Waals surface area (Å²) >= 11 is 0.